The smallest absolute Gasteiger partial charge is 0.254 e. The third kappa shape index (κ3) is 3.33. The second-order valence-corrected chi connectivity index (χ2v) is 8.85. The Labute approximate surface area is 160 Å². The summed E-state index contributed by atoms with van der Waals surface area (Å²) in [5.41, 5.74) is 1.84. The number of likely N-dealkylation sites (tertiary alicyclic amines) is 1. The molecule has 0 aromatic carbocycles. The second-order valence-electron chi connectivity index (χ2n) is 8.85. The van der Waals surface area contributed by atoms with Gasteiger partial charge in [0.05, 0.1) is 11.7 Å². The summed E-state index contributed by atoms with van der Waals surface area (Å²) in [5, 5.41) is 0. The predicted octanol–water partition coefficient (Wildman–Crippen LogP) is 2.53. The zero-order valence-electron chi connectivity index (χ0n) is 16.1. The van der Waals surface area contributed by atoms with Gasteiger partial charge < -0.3 is 9.88 Å². The molecule has 1 saturated heterocycles. The zero-order chi connectivity index (χ0) is 18.4. The number of hydrogen-bond acceptors (Lipinski definition) is 4. The Morgan fingerprint density at radius 3 is 2.56 bits per heavy atom. The molecule has 3 heterocycles. The van der Waals surface area contributed by atoms with E-state index in [1.54, 1.807) is 0 Å². The van der Waals surface area contributed by atoms with Crippen LogP contribution in [0.4, 0.5) is 0 Å². The van der Waals surface area contributed by atoms with Crippen LogP contribution in [0.2, 0.25) is 0 Å². The largest absolute Gasteiger partial charge is 0.332 e. The van der Waals surface area contributed by atoms with Crippen LogP contribution in [-0.4, -0.2) is 44.8 Å². The lowest BCUT2D eigenvalue weighted by Crippen LogP contribution is -2.43. The Kier molecular flexibility index (Phi) is 4.54. The van der Waals surface area contributed by atoms with Crippen LogP contribution in [0.3, 0.4) is 0 Å². The first-order chi connectivity index (χ1) is 13.2. The van der Waals surface area contributed by atoms with Crippen LogP contribution in [-0.2, 0) is 17.8 Å². The fourth-order valence-electron chi connectivity index (χ4n) is 5.26. The van der Waals surface area contributed by atoms with Crippen LogP contribution < -0.4 is 5.56 Å². The van der Waals surface area contributed by atoms with Crippen molar-refractivity contribution in [2.45, 2.75) is 82.8 Å². The Balaban J connectivity index is 1.43. The highest BCUT2D eigenvalue weighted by molar-refractivity contribution is 5.81. The lowest BCUT2D eigenvalue weighted by atomic mass is 9.99. The van der Waals surface area contributed by atoms with Gasteiger partial charge in [0.15, 0.2) is 0 Å². The molecule has 0 radical (unpaired) electrons. The van der Waals surface area contributed by atoms with E-state index < -0.39 is 0 Å². The maximum Gasteiger partial charge on any atom is 0.254 e. The van der Waals surface area contributed by atoms with Gasteiger partial charge in [0.25, 0.3) is 5.56 Å². The van der Waals surface area contributed by atoms with E-state index in [4.69, 9.17) is 4.98 Å². The zero-order valence-corrected chi connectivity index (χ0v) is 16.1. The molecule has 2 aliphatic heterocycles. The first-order valence-electron chi connectivity index (χ1n) is 10.9. The van der Waals surface area contributed by atoms with Gasteiger partial charge in [0.1, 0.15) is 5.82 Å². The SMILES string of the molecule is O=C(C1CC1)N1CCCC[C@H]1c1nc2c(c(=O)[nH]1)CCN(C1CCCC1)C2. The summed E-state index contributed by atoms with van der Waals surface area (Å²) in [6, 6.07) is 0.608. The lowest BCUT2D eigenvalue weighted by Gasteiger charge is -2.36. The van der Waals surface area contributed by atoms with E-state index in [0.29, 0.717) is 6.04 Å². The molecule has 27 heavy (non-hydrogen) atoms. The number of piperidine rings is 1. The van der Waals surface area contributed by atoms with E-state index in [2.05, 4.69) is 9.88 Å². The number of rotatable bonds is 3. The molecule has 2 saturated carbocycles. The van der Waals surface area contributed by atoms with Crippen molar-refractivity contribution in [1.82, 2.24) is 19.8 Å². The summed E-state index contributed by atoms with van der Waals surface area (Å²) in [4.78, 5) is 38.0. The van der Waals surface area contributed by atoms with Gasteiger partial charge in [0, 0.05) is 37.2 Å². The summed E-state index contributed by atoms with van der Waals surface area (Å²) in [7, 11) is 0. The van der Waals surface area contributed by atoms with Crippen molar-refractivity contribution in [3.63, 3.8) is 0 Å². The summed E-state index contributed by atoms with van der Waals surface area (Å²) in [5.74, 6) is 1.21. The summed E-state index contributed by atoms with van der Waals surface area (Å²) < 4.78 is 0. The van der Waals surface area contributed by atoms with E-state index in [-0.39, 0.29) is 23.4 Å². The highest BCUT2D eigenvalue weighted by atomic mass is 16.2. The number of amides is 1. The van der Waals surface area contributed by atoms with Gasteiger partial charge in [-0.2, -0.15) is 0 Å². The number of aromatic nitrogens is 2. The van der Waals surface area contributed by atoms with E-state index in [0.717, 1.165) is 75.2 Å². The van der Waals surface area contributed by atoms with Crippen LogP contribution in [0.5, 0.6) is 0 Å². The minimum Gasteiger partial charge on any atom is -0.332 e. The highest BCUT2D eigenvalue weighted by Crippen LogP contribution is 2.37. The molecule has 6 nitrogen and oxygen atoms in total. The third-order valence-electron chi connectivity index (χ3n) is 6.99. The minimum atomic E-state index is -0.0493. The van der Waals surface area contributed by atoms with Crippen LogP contribution in [0.25, 0.3) is 0 Å². The van der Waals surface area contributed by atoms with Crippen molar-refractivity contribution in [1.29, 1.82) is 0 Å². The van der Waals surface area contributed by atoms with Crippen molar-refractivity contribution in [2.24, 2.45) is 5.92 Å². The third-order valence-corrected chi connectivity index (χ3v) is 6.99. The summed E-state index contributed by atoms with van der Waals surface area (Å²) in [6.07, 6.45) is 11.1. The molecular weight excluding hydrogens is 340 g/mol. The van der Waals surface area contributed by atoms with Gasteiger partial charge in [-0.3, -0.25) is 14.5 Å². The minimum absolute atomic E-state index is 0.0190. The van der Waals surface area contributed by atoms with Crippen LogP contribution >= 0.6 is 0 Å². The quantitative estimate of drug-likeness (QED) is 0.888. The van der Waals surface area contributed by atoms with Gasteiger partial charge in [-0.05, 0) is 51.4 Å². The van der Waals surface area contributed by atoms with E-state index >= 15 is 0 Å². The number of carbonyl (C=O) groups excluding carboxylic acids is 1. The highest BCUT2D eigenvalue weighted by Gasteiger charge is 2.39. The molecule has 2 aliphatic carbocycles. The second kappa shape index (κ2) is 7.04. The Morgan fingerprint density at radius 1 is 1.00 bits per heavy atom. The van der Waals surface area contributed by atoms with Crippen molar-refractivity contribution in [2.75, 3.05) is 13.1 Å². The number of H-pyrrole nitrogens is 1. The lowest BCUT2D eigenvalue weighted by molar-refractivity contribution is -0.136. The van der Waals surface area contributed by atoms with Crippen LogP contribution in [0.15, 0.2) is 4.79 Å². The first kappa shape index (κ1) is 17.4. The van der Waals surface area contributed by atoms with E-state index in [9.17, 15) is 9.59 Å². The molecule has 0 unspecified atom stereocenters. The molecular formula is C21H30N4O2. The maximum absolute atomic E-state index is 12.8. The molecule has 1 atom stereocenters. The van der Waals surface area contributed by atoms with Crippen molar-refractivity contribution in [3.05, 3.63) is 27.4 Å². The molecule has 5 rings (SSSR count). The number of fused-ring (bicyclic) bond motifs is 1. The van der Waals surface area contributed by atoms with Gasteiger partial charge >= 0.3 is 0 Å². The van der Waals surface area contributed by atoms with Gasteiger partial charge in [-0.1, -0.05) is 12.8 Å². The standard InChI is InChI=1S/C21H30N4O2/c26-20-16-10-12-24(15-5-1-2-6-15)13-17(16)22-19(23-20)18-7-3-4-11-25(18)21(27)14-8-9-14/h14-15,18H,1-13H2,(H,22,23,26)/t18-/m0/s1. The molecule has 3 fully saturated rings. The predicted molar refractivity (Wildman–Crippen MR) is 102 cm³/mol. The average molecular weight is 370 g/mol. The average Bonchev–Trinajstić information content (AvgIpc) is 3.40. The fourth-order valence-corrected chi connectivity index (χ4v) is 5.26. The maximum atomic E-state index is 12.8. The van der Waals surface area contributed by atoms with Gasteiger partial charge in [0.2, 0.25) is 5.91 Å². The Hall–Kier alpha value is -1.69. The molecule has 6 heteroatoms. The van der Waals surface area contributed by atoms with E-state index in [1.807, 2.05) is 4.90 Å². The number of hydrogen-bond donors (Lipinski definition) is 1. The number of aromatic amines is 1. The van der Waals surface area contributed by atoms with Crippen molar-refractivity contribution in [3.8, 4) is 0 Å². The normalized spacial score (nSPS) is 27.0. The van der Waals surface area contributed by atoms with E-state index in [1.165, 1.54) is 25.7 Å². The van der Waals surface area contributed by atoms with Crippen molar-refractivity contribution >= 4 is 5.91 Å². The number of nitrogens with one attached hydrogen (secondary N) is 1. The monoisotopic (exact) mass is 370 g/mol. The Morgan fingerprint density at radius 2 is 1.78 bits per heavy atom. The van der Waals surface area contributed by atoms with Gasteiger partial charge in [-0.15, -0.1) is 0 Å². The number of nitrogens with zero attached hydrogens (tertiary/aromatic N) is 3. The molecule has 0 bridgehead atoms. The fraction of sp³-hybridized carbons (Fsp3) is 0.762. The molecule has 146 valence electrons. The molecule has 1 N–H and O–H groups in total. The van der Waals surface area contributed by atoms with Gasteiger partial charge in [-0.25, -0.2) is 4.98 Å². The first-order valence-corrected chi connectivity index (χ1v) is 10.9. The summed E-state index contributed by atoms with van der Waals surface area (Å²) >= 11 is 0. The molecule has 1 aromatic rings. The molecule has 1 aromatic heterocycles. The molecule has 0 spiro atoms. The van der Waals surface area contributed by atoms with Crippen LogP contribution in [0.1, 0.15) is 80.9 Å². The molecule has 4 aliphatic rings. The van der Waals surface area contributed by atoms with Crippen molar-refractivity contribution < 1.29 is 4.79 Å². The Bertz CT molecular complexity index is 779. The summed E-state index contributed by atoms with van der Waals surface area (Å²) in [6.45, 7) is 2.56. The van der Waals surface area contributed by atoms with Crippen LogP contribution in [0, 0.1) is 5.92 Å². The number of carbonyl (C=O) groups is 1. The molecule has 1 amide bonds. The topological polar surface area (TPSA) is 69.3 Å².